The first-order valence-electron chi connectivity index (χ1n) is 9.97. The van der Waals surface area contributed by atoms with Crippen LogP contribution in [0.2, 0.25) is 0 Å². The third kappa shape index (κ3) is 4.39. The lowest BCUT2D eigenvalue weighted by Crippen LogP contribution is -2.41. The summed E-state index contributed by atoms with van der Waals surface area (Å²) in [4.78, 5) is 14.4. The largest absolute Gasteiger partial charge is 0.335 e. The van der Waals surface area contributed by atoms with E-state index in [9.17, 15) is 22.0 Å². The molecular formula is C22H26F2N2O3S. The van der Waals surface area contributed by atoms with Crippen molar-refractivity contribution in [2.24, 2.45) is 0 Å². The number of carbonyl (C=O) groups excluding carboxylic acids is 1. The SMILES string of the molecule is CC(c1ccc(F)c(F)c1)N(C)C(=O)c1ccc(S(=O)(=O)N2CCCCC2C)cc1. The summed E-state index contributed by atoms with van der Waals surface area (Å²) in [6.07, 6.45) is 2.69. The van der Waals surface area contributed by atoms with Crippen molar-refractivity contribution in [2.75, 3.05) is 13.6 Å². The molecule has 2 aromatic carbocycles. The Labute approximate surface area is 176 Å². The van der Waals surface area contributed by atoms with Crippen molar-refractivity contribution in [1.29, 1.82) is 0 Å². The predicted octanol–water partition coefficient (Wildman–Crippen LogP) is 4.36. The zero-order valence-corrected chi connectivity index (χ0v) is 18.1. The van der Waals surface area contributed by atoms with E-state index in [1.807, 2.05) is 6.92 Å². The van der Waals surface area contributed by atoms with Gasteiger partial charge in [-0.25, -0.2) is 17.2 Å². The van der Waals surface area contributed by atoms with Crippen LogP contribution in [0.25, 0.3) is 0 Å². The molecule has 1 aliphatic rings. The normalized spacial score (nSPS) is 18.8. The number of piperidine rings is 1. The average molecular weight is 437 g/mol. The number of amides is 1. The van der Waals surface area contributed by atoms with Gasteiger partial charge in [-0.3, -0.25) is 4.79 Å². The number of nitrogens with zero attached hydrogens (tertiary/aromatic N) is 2. The summed E-state index contributed by atoms with van der Waals surface area (Å²) >= 11 is 0. The molecule has 1 aliphatic heterocycles. The van der Waals surface area contributed by atoms with Crippen LogP contribution in [0, 0.1) is 11.6 Å². The van der Waals surface area contributed by atoms with Crippen molar-refractivity contribution in [2.45, 2.75) is 50.1 Å². The van der Waals surface area contributed by atoms with Crippen LogP contribution in [0.1, 0.15) is 55.1 Å². The Hall–Kier alpha value is -2.32. The van der Waals surface area contributed by atoms with Crippen molar-refractivity contribution in [3.63, 3.8) is 0 Å². The molecule has 3 rings (SSSR count). The number of benzene rings is 2. The molecule has 0 aliphatic carbocycles. The lowest BCUT2D eigenvalue weighted by molar-refractivity contribution is 0.0742. The van der Waals surface area contributed by atoms with Gasteiger partial charge in [-0.05, 0) is 68.7 Å². The van der Waals surface area contributed by atoms with Gasteiger partial charge in [0.05, 0.1) is 10.9 Å². The summed E-state index contributed by atoms with van der Waals surface area (Å²) in [5.41, 5.74) is 0.778. The van der Waals surface area contributed by atoms with Crippen LogP contribution in [0.15, 0.2) is 47.4 Å². The second-order valence-corrected chi connectivity index (χ2v) is 9.64. The first kappa shape index (κ1) is 22.4. The fraction of sp³-hybridized carbons (Fsp3) is 0.409. The molecule has 2 atom stereocenters. The molecule has 0 spiro atoms. The Kier molecular flexibility index (Phi) is 6.57. The molecule has 30 heavy (non-hydrogen) atoms. The van der Waals surface area contributed by atoms with Gasteiger partial charge in [0, 0.05) is 25.2 Å². The third-order valence-corrected chi connectivity index (χ3v) is 7.81. The van der Waals surface area contributed by atoms with Crippen LogP contribution in [-0.4, -0.2) is 43.2 Å². The van der Waals surface area contributed by atoms with Gasteiger partial charge in [0.25, 0.3) is 5.91 Å². The molecule has 162 valence electrons. The van der Waals surface area contributed by atoms with Gasteiger partial charge in [0.1, 0.15) is 0 Å². The molecule has 8 heteroatoms. The maximum atomic E-state index is 13.5. The van der Waals surface area contributed by atoms with Crippen LogP contribution in [0.3, 0.4) is 0 Å². The predicted molar refractivity (Wildman–Crippen MR) is 111 cm³/mol. The summed E-state index contributed by atoms with van der Waals surface area (Å²) < 4.78 is 54.1. The molecule has 5 nitrogen and oxygen atoms in total. The highest BCUT2D eigenvalue weighted by atomic mass is 32.2. The van der Waals surface area contributed by atoms with Gasteiger partial charge in [-0.1, -0.05) is 12.5 Å². The molecule has 1 amide bonds. The van der Waals surface area contributed by atoms with E-state index in [-0.39, 0.29) is 16.8 Å². The first-order valence-corrected chi connectivity index (χ1v) is 11.4. The lowest BCUT2D eigenvalue weighted by atomic mass is 10.1. The van der Waals surface area contributed by atoms with Gasteiger partial charge in [0.2, 0.25) is 10.0 Å². The van der Waals surface area contributed by atoms with Crippen molar-refractivity contribution >= 4 is 15.9 Å². The number of halogens is 2. The van der Waals surface area contributed by atoms with Crippen molar-refractivity contribution in [1.82, 2.24) is 9.21 Å². The van der Waals surface area contributed by atoms with E-state index in [0.29, 0.717) is 17.7 Å². The van der Waals surface area contributed by atoms with Crippen LogP contribution in [0.4, 0.5) is 8.78 Å². The van der Waals surface area contributed by atoms with E-state index >= 15 is 0 Å². The Morgan fingerprint density at radius 1 is 1.10 bits per heavy atom. The molecule has 0 bridgehead atoms. The van der Waals surface area contributed by atoms with Gasteiger partial charge in [-0.15, -0.1) is 0 Å². The lowest BCUT2D eigenvalue weighted by Gasteiger charge is -2.32. The topological polar surface area (TPSA) is 57.7 Å². The molecule has 1 fully saturated rings. The van der Waals surface area contributed by atoms with Gasteiger partial charge in [0.15, 0.2) is 11.6 Å². The highest BCUT2D eigenvalue weighted by molar-refractivity contribution is 7.89. The molecule has 2 aromatic rings. The number of rotatable bonds is 5. The Morgan fingerprint density at radius 2 is 1.77 bits per heavy atom. The van der Waals surface area contributed by atoms with Crippen LogP contribution < -0.4 is 0 Å². The third-order valence-electron chi connectivity index (χ3n) is 5.78. The summed E-state index contributed by atoms with van der Waals surface area (Å²) in [5, 5.41) is 0. The minimum atomic E-state index is -3.61. The zero-order chi connectivity index (χ0) is 22.1. The second kappa shape index (κ2) is 8.81. The van der Waals surface area contributed by atoms with E-state index < -0.39 is 27.7 Å². The van der Waals surface area contributed by atoms with E-state index in [2.05, 4.69) is 0 Å². The minimum Gasteiger partial charge on any atom is -0.335 e. The quantitative estimate of drug-likeness (QED) is 0.700. The number of sulfonamides is 1. The Bertz CT molecular complexity index is 1030. The van der Waals surface area contributed by atoms with Crippen molar-refractivity contribution < 1.29 is 22.0 Å². The maximum absolute atomic E-state index is 13.5. The van der Waals surface area contributed by atoms with Gasteiger partial charge >= 0.3 is 0 Å². The highest BCUT2D eigenvalue weighted by Gasteiger charge is 2.31. The van der Waals surface area contributed by atoms with Crippen LogP contribution in [0.5, 0.6) is 0 Å². The Balaban J connectivity index is 1.78. The molecule has 2 unspecified atom stereocenters. The monoisotopic (exact) mass is 436 g/mol. The molecule has 1 saturated heterocycles. The van der Waals surface area contributed by atoms with E-state index in [4.69, 9.17) is 0 Å². The summed E-state index contributed by atoms with van der Waals surface area (Å²) in [6, 6.07) is 8.84. The Morgan fingerprint density at radius 3 is 2.37 bits per heavy atom. The molecule has 0 N–H and O–H groups in total. The van der Waals surface area contributed by atoms with E-state index in [1.165, 1.54) is 39.5 Å². The molecule has 1 heterocycles. The van der Waals surface area contributed by atoms with E-state index in [0.717, 1.165) is 31.4 Å². The molecule has 0 radical (unpaired) electrons. The maximum Gasteiger partial charge on any atom is 0.254 e. The minimum absolute atomic E-state index is 0.0480. The zero-order valence-electron chi connectivity index (χ0n) is 17.3. The van der Waals surface area contributed by atoms with Crippen LogP contribution >= 0.6 is 0 Å². The molecule has 0 saturated carbocycles. The number of carbonyl (C=O) groups is 1. The highest BCUT2D eigenvalue weighted by Crippen LogP contribution is 2.26. The van der Waals surface area contributed by atoms with E-state index in [1.54, 1.807) is 14.0 Å². The summed E-state index contributed by atoms with van der Waals surface area (Å²) in [5.74, 6) is -2.26. The summed E-state index contributed by atoms with van der Waals surface area (Å²) in [6.45, 7) is 4.11. The van der Waals surface area contributed by atoms with Crippen LogP contribution in [-0.2, 0) is 10.0 Å². The smallest absolute Gasteiger partial charge is 0.254 e. The first-order chi connectivity index (χ1) is 14.1. The van der Waals surface area contributed by atoms with Gasteiger partial charge < -0.3 is 4.90 Å². The van der Waals surface area contributed by atoms with Crippen molar-refractivity contribution in [3.8, 4) is 0 Å². The van der Waals surface area contributed by atoms with Gasteiger partial charge in [-0.2, -0.15) is 4.31 Å². The fourth-order valence-corrected chi connectivity index (χ4v) is 5.41. The molecular weight excluding hydrogens is 410 g/mol. The van der Waals surface area contributed by atoms with Crippen molar-refractivity contribution in [3.05, 3.63) is 65.2 Å². The fourth-order valence-electron chi connectivity index (χ4n) is 3.71. The standard InChI is InChI=1S/C22H26F2N2O3S/c1-15-6-4-5-13-26(15)30(28,29)19-10-7-17(8-11-19)22(27)25(3)16(2)18-9-12-20(23)21(24)14-18/h7-12,14-16H,4-6,13H2,1-3H3. The molecule has 0 aromatic heterocycles. The average Bonchev–Trinajstić information content (AvgIpc) is 2.74. The number of hydrogen-bond donors (Lipinski definition) is 0. The summed E-state index contributed by atoms with van der Waals surface area (Å²) in [7, 11) is -2.05. The number of hydrogen-bond acceptors (Lipinski definition) is 3. The second-order valence-electron chi connectivity index (χ2n) is 7.75.